The van der Waals surface area contributed by atoms with Crippen molar-refractivity contribution in [2.75, 3.05) is 11.5 Å². The highest BCUT2D eigenvalue weighted by Gasteiger charge is 2.34. The molecule has 1 unspecified atom stereocenters. The maximum absolute atomic E-state index is 13.0. The number of halogens is 1. The van der Waals surface area contributed by atoms with Crippen molar-refractivity contribution < 1.29 is 12.8 Å². The number of nitrogens with one attached hydrogen (secondary N) is 1. The summed E-state index contributed by atoms with van der Waals surface area (Å²) < 4.78 is 36.0. The van der Waals surface area contributed by atoms with Crippen LogP contribution in [0.15, 0.2) is 24.3 Å². The predicted molar refractivity (Wildman–Crippen MR) is 76.7 cm³/mol. The summed E-state index contributed by atoms with van der Waals surface area (Å²) in [6.45, 7) is 0. The van der Waals surface area contributed by atoms with Crippen molar-refractivity contribution in [1.82, 2.24) is 5.32 Å². The van der Waals surface area contributed by atoms with Crippen molar-refractivity contribution in [2.24, 2.45) is 5.92 Å². The lowest BCUT2D eigenvalue weighted by Gasteiger charge is -2.29. The molecule has 1 saturated heterocycles. The summed E-state index contributed by atoms with van der Waals surface area (Å²) >= 11 is 0. The van der Waals surface area contributed by atoms with E-state index in [1.54, 1.807) is 0 Å². The number of benzene rings is 1. The first kappa shape index (κ1) is 14.0. The highest BCUT2D eigenvalue weighted by molar-refractivity contribution is 7.91. The molecule has 0 bridgehead atoms. The normalized spacial score (nSPS) is 24.4. The lowest BCUT2D eigenvalue weighted by atomic mass is 10.00. The first-order valence-corrected chi connectivity index (χ1v) is 9.07. The van der Waals surface area contributed by atoms with Crippen molar-refractivity contribution in [3.63, 3.8) is 0 Å². The van der Waals surface area contributed by atoms with Gasteiger partial charge >= 0.3 is 0 Å². The van der Waals surface area contributed by atoms with Gasteiger partial charge in [-0.1, -0.05) is 12.1 Å². The minimum Gasteiger partial charge on any atom is -0.307 e. The van der Waals surface area contributed by atoms with Gasteiger partial charge in [-0.15, -0.1) is 0 Å². The van der Waals surface area contributed by atoms with Gasteiger partial charge in [-0.25, -0.2) is 12.8 Å². The highest BCUT2D eigenvalue weighted by Crippen LogP contribution is 2.41. The minimum absolute atomic E-state index is 0.216. The summed E-state index contributed by atoms with van der Waals surface area (Å²) in [5.74, 6) is 0.961. The third-order valence-corrected chi connectivity index (χ3v) is 6.01. The molecule has 1 heterocycles. The van der Waals surface area contributed by atoms with Gasteiger partial charge in [0.2, 0.25) is 0 Å². The summed E-state index contributed by atoms with van der Waals surface area (Å²) in [4.78, 5) is 0. The number of rotatable bonds is 4. The Bertz CT molecular complexity index is 552. The molecular formula is C15H20FNO2S. The van der Waals surface area contributed by atoms with E-state index in [0.29, 0.717) is 18.8 Å². The maximum atomic E-state index is 13.0. The summed E-state index contributed by atoms with van der Waals surface area (Å²) in [6, 6.07) is 7.17. The Labute approximate surface area is 119 Å². The van der Waals surface area contributed by atoms with Gasteiger partial charge in [0.05, 0.1) is 11.5 Å². The van der Waals surface area contributed by atoms with E-state index in [2.05, 4.69) is 5.32 Å². The largest absolute Gasteiger partial charge is 0.307 e. The van der Waals surface area contributed by atoms with E-state index < -0.39 is 9.84 Å². The van der Waals surface area contributed by atoms with Crippen LogP contribution in [0.1, 0.15) is 37.3 Å². The topological polar surface area (TPSA) is 46.2 Å². The first-order valence-electron chi connectivity index (χ1n) is 7.25. The zero-order valence-corrected chi connectivity index (χ0v) is 12.2. The van der Waals surface area contributed by atoms with Crippen LogP contribution in [-0.2, 0) is 9.84 Å². The van der Waals surface area contributed by atoms with E-state index >= 15 is 0 Å². The Balaban J connectivity index is 1.68. The fourth-order valence-electron chi connectivity index (χ4n) is 2.91. The van der Waals surface area contributed by atoms with E-state index in [1.165, 1.54) is 25.0 Å². The molecule has 1 aromatic rings. The van der Waals surface area contributed by atoms with Gasteiger partial charge in [-0.3, -0.25) is 0 Å². The average Bonchev–Trinajstić information content (AvgIpc) is 3.23. The molecule has 3 rings (SSSR count). The standard InChI is InChI=1S/C15H20FNO2S/c16-13-5-3-12(4-6-13)15(11-1-2-11)17-14-7-9-20(18,19)10-8-14/h3-6,11,14-15,17H,1-2,7-10H2. The summed E-state index contributed by atoms with van der Waals surface area (Å²) in [7, 11) is -2.82. The van der Waals surface area contributed by atoms with Crippen LogP contribution in [0.3, 0.4) is 0 Å². The van der Waals surface area contributed by atoms with Gasteiger partial charge in [-0.05, 0) is 49.3 Å². The summed E-state index contributed by atoms with van der Waals surface area (Å²) in [5, 5.41) is 3.60. The maximum Gasteiger partial charge on any atom is 0.150 e. The molecule has 0 spiro atoms. The zero-order chi connectivity index (χ0) is 14.2. The van der Waals surface area contributed by atoms with Crippen LogP contribution >= 0.6 is 0 Å². The molecule has 0 amide bonds. The molecular weight excluding hydrogens is 277 g/mol. The highest BCUT2D eigenvalue weighted by atomic mass is 32.2. The fourth-order valence-corrected chi connectivity index (χ4v) is 4.41. The third-order valence-electron chi connectivity index (χ3n) is 4.29. The Morgan fingerprint density at radius 1 is 1.05 bits per heavy atom. The summed E-state index contributed by atoms with van der Waals surface area (Å²) in [5.41, 5.74) is 1.11. The van der Waals surface area contributed by atoms with Gasteiger partial charge < -0.3 is 5.32 Å². The second-order valence-corrected chi connectivity index (χ2v) is 8.26. The third kappa shape index (κ3) is 3.38. The molecule has 0 aromatic heterocycles. The first-order chi connectivity index (χ1) is 9.53. The molecule has 0 radical (unpaired) electrons. The van der Waals surface area contributed by atoms with Crippen molar-refractivity contribution in [3.05, 3.63) is 35.6 Å². The van der Waals surface area contributed by atoms with Crippen molar-refractivity contribution in [3.8, 4) is 0 Å². The molecule has 1 saturated carbocycles. The molecule has 2 fully saturated rings. The molecule has 1 aliphatic carbocycles. The average molecular weight is 297 g/mol. The van der Waals surface area contributed by atoms with Crippen molar-refractivity contribution >= 4 is 9.84 Å². The van der Waals surface area contributed by atoms with Crippen LogP contribution in [0.25, 0.3) is 0 Å². The van der Waals surface area contributed by atoms with Crippen LogP contribution in [0.4, 0.5) is 4.39 Å². The molecule has 1 N–H and O–H groups in total. The molecule has 20 heavy (non-hydrogen) atoms. The van der Waals surface area contributed by atoms with Gasteiger partial charge in [0.15, 0.2) is 0 Å². The van der Waals surface area contributed by atoms with E-state index in [9.17, 15) is 12.8 Å². The molecule has 1 atom stereocenters. The number of hydrogen-bond acceptors (Lipinski definition) is 3. The fraction of sp³-hybridized carbons (Fsp3) is 0.600. The van der Waals surface area contributed by atoms with E-state index in [0.717, 1.165) is 5.56 Å². The smallest absolute Gasteiger partial charge is 0.150 e. The van der Waals surface area contributed by atoms with E-state index in [4.69, 9.17) is 0 Å². The molecule has 2 aliphatic rings. The second-order valence-electron chi connectivity index (χ2n) is 5.96. The van der Waals surface area contributed by atoms with Gasteiger partial charge in [0.25, 0.3) is 0 Å². The van der Waals surface area contributed by atoms with E-state index in [-0.39, 0.29) is 29.4 Å². The zero-order valence-electron chi connectivity index (χ0n) is 11.4. The van der Waals surface area contributed by atoms with Crippen LogP contribution in [-0.4, -0.2) is 26.0 Å². The quantitative estimate of drug-likeness (QED) is 0.928. The predicted octanol–water partition coefficient (Wildman–Crippen LogP) is 2.44. The molecule has 3 nitrogen and oxygen atoms in total. The molecule has 1 aromatic carbocycles. The Kier molecular flexibility index (Phi) is 3.82. The summed E-state index contributed by atoms with van der Waals surface area (Å²) in [6.07, 6.45) is 3.76. The molecule has 110 valence electrons. The Hall–Kier alpha value is -0.940. The Morgan fingerprint density at radius 2 is 1.65 bits per heavy atom. The van der Waals surface area contributed by atoms with Gasteiger partial charge in [0, 0.05) is 12.1 Å². The van der Waals surface area contributed by atoms with Gasteiger partial charge in [0.1, 0.15) is 15.7 Å². The van der Waals surface area contributed by atoms with E-state index in [1.807, 2.05) is 12.1 Å². The number of sulfone groups is 1. The van der Waals surface area contributed by atoms with Crippen molar-refractivity contribution in [1.29, 1.82) is 0 Å². The van der Waals surface area contributed by atoms with Crippen LogP contribution in [0.2, 0.25) is 0 Å². The Morgan fingerprint density at radius 3 is 2.20 bits per heavy atom. The molecule has 1 aliphatic heterocycles. The lowest BCUT2D eigenvalue weighted by molar-refractivity contribution is 0.378. The monoisotopic (exact) mass is 297 g/mol. The lowest BCUT2D eigenvalue weighted by Crippen LogP contribution is -2.40. The van der Waals surface area contributed by atoms with Crippen LogP contribution < -0.4 is 5.32 Å². The molecule has 5 heteroatoms. The van der Waals surface area contributed by atoms with Crippen LogP contribution in [0, 0.1) is 11.7 Å². The van der Waals surface area contributed by atoms with Crippen molar-refractivity contribution in [2.45, 2.75) is 37.8 Å². The second kappa shape index (κ2) is 5.45. The van der Waals surface area contributed by atoms with Gasteiger partial charge in [-0.2, -0.15) is 0 Å². The number of hydrogen-bond donors (Lipinski definition) is 1. The SMILES string of the molecule is O=S1(=O)CCC(NC(c2ccc(F)cc2)C2CC2)CC1. The van der Waals surface area contributed by atoms with Crippen LogP contribution in [0.5, 0.6) is 0 Å². The minimum atomic E-state index is -2.82.